The lowest BCUT2D eigenvalue weighted by molar-refractivity contribution is -0.111. The molecule has 6 heteroatoms. The summed E-state index contributed by atoms with van der Waals surface area (Å²) in [4.78, 5) is 12.5. The van der Waals surface area contributed by atoms with Crippen LogP contribution in [0.5, 0.6) is 0 Å². The monoisotopic (exact) mass is 420 g/mol. The van der Waals surface area contributed by atoms with Crippen LogP contribution >= 0.6 is 11.8 Å². The van der Waals surface area contributed by atoms with Crippen LogP contribution in [0.15, 0.2) is 0 Å². The number of carbonyl (C=O) groups excluding carboxylic acids is 1. The lowest BCUT2D eigenvalue weighted by Gasteiger charge is -2.34. The number of thioether (sulfide) groups is 1. The maximum Gasteiger partial charge on any atom is 0.515 e. The van der Waals surface area contributed by atoms with Crippen LogP contribution in [0.3, 0.4) is 0 Å². The van der Waals surface area contributed by atoms with Gasteiger partial charge in [0.15, 0.2) is 5.12 Å². The Morgan fingerprint density at radius 3 is 1.59 bits per heavy atom. The Balaban J connectivity index is 4.25. The Kier molecular flexibility index (Phi) is 18.2. The van der Waals surface area contributed by atoms with Gasteiger partial charge in [-0.2, -0.15) is 0 Å². The molecule has 0 aliphatic heterocycles. The highest BCUT2D eigenvalue weighted by atomic mass is 32.2. The summed E-state index contributed by atoms with van der Waals surface area (Å²) in [7, 11) is -2.82. The second kappa shape index (κ2) is 18.2. The van der Waals surface area contributed by atoms with Crippen molar-refractivity contribution in [1.29, 1.82) is 0 Å². The third-order valence-electron chi connectivity index (χ3n) is 4.56. The number of unbranched alkanes of at least 4 members (excludes halogenated alkanes) is 8. The van der Waals surface area contributed by atoms with Gasteiger partial charge in [-0.05, 0) is 33.6 Å². The molecule has 0 radical (unpaired) electrons. The fourth-order valence-corrected chi connectivity index (χ4v) is 8.06. The molecule has 0 heterocycles. The van der Waals surface area contributed by atoms with Crippen LogP contribution in [0, 0.1) is 0 Å². The molecule has 162 valence electrons. The Morgan fingerprint density at radius 1 is 0.741 bits per heavy atom. The second-order valence-corrected chi connectivity index (χ2v) is 11.3. The van der Waals surface area contributed by atoms with Gasteiger partial charge in [-0.3, -0.25) is 4.79 Å². The first-order valence-electron chi connectivity index (χ1n) is 11.2. The highest BCUT2D eigenvalue weighted by Crippen LogP contribution is 2.30. The number of carbonyl (C=O) groups is 1. The molecular weight excluding hydrogens is 376 g/mol. The molecule has 0 aromatic carbocycles. The molecule has 0 N–H and O–H groups in total. The first-order chi connectivity index (χ1) is 13.1. The van der Waals surface area contributed by atoms with Crippen LogP contribution in [0.25, 0.3) is 0 Å². The van der Waals surface area contributed by atoms with Gasteiger partial charge in [0.25, 0.3) is 0 Å². The van der Waals surface area contributed by atoms with Gasteiger partial charge in [-0.15, -0.1) is 0 Å². The molecular formula is C21H44O4SSi. The Hall–Kier alpha value is 0.117. The molecule has 0 spiro atoms. The lowest BCUT2D eigenvalue weighted by atomic mass is 10.1. The normalized spacial score (nSPS) is 13.1. The molecule has 0 fully saturated rings. The van der Waals surface area contributed by atoms with Gasteiger partial charge in [0.1, 0.15) is 0 Å². The van der Waals surface area contributed by atoms with Gasteiger partial charge in [-0.1, -0.05) is 77.0 Å². The van der Waals surface area contributed by atoms with Crippen molar-refractivity contribution < 1.29 is 18.1 Å². The smallest absolute Gasteiger partial charge is 0.373 e. The zero-order valence-corrected chi connectivity index (χ0v) is 20.3. The number of hydrogen-bond acceptors (Lipinski definition) is 5. The zero-order chi connectivity index (χ0) is 20.4. The molecule has 0 aromatic heterocycles. The SMILES string of the molecule is CCCCCCCCCCCC(=O)SC(CC)[Si](OCC)(OCC)OCC. The van der Waals surface area contributed by atoms with Crippen molar-refractivity contribution in [3.8, 4) is 0 Å². The average Bonchev–Trinajstić information content (AvgIpc) is 2.65. The summed E-state index contributed by atoms with van der Waals surface area (Å²) >= 11 is 1.40. The van der Waals surface area contributed by atoms with E-state index in [1.54, 1.807) is 0 Å². The van der Waals surface area contributed by atoms with Gasteiger partial charge >= 0.3 is 8.80 Å². The quantitative estimate of drug-likeness (QED) is 0.175. The van der Waals surface area contributed by atoms with E-state index in [0.717, 1.165) is 19.3 Å². The largest absolute Gasteiger partial charge is 0.515 e. The first-order valence-corrected chi connectivity index (χ1v) is 13.9. The number of rotatable bonds is 19. The van der Waals surface area contributed by atoms with Crippen molar-refractivity contribution in [3.63, 3.8) is 0 Å². The van der Waals surface area contributed by atoms with E-state index in [1.165, 1.54) is 56.7 Å². The molecule has 1 unspecified atom stereocenters. The summed E-state index contributed by atoms with van der Waals surface area (Å²) in [5, 5.41) is 0.251. The third-order valence-corrected chi connectivity index (χ3v) is 10.1. The summed E-state index contributed by atoms with van der Waals surface area (Å²) < 4.78 is 18.0. The fraction of sp³-hybridized carbons (Fsp3) is 0.952. The van der Waals surface area contributed by atoms with E-state index < -0.39 is 8.80 Å². The predicted octanol–water partition coefficient (Wildman–Crippen LogP) is 6.53. The van der Waals surface area contributed by atoms with Crippen molar-refractivity contribution in [2.24, 2.45) is 0 Å². The molecule has 0 bridgehead atoms. The van der Waals surface area contributed by atoms with E-state index in [0.29, 0.717) is 26.2 Å². The highest BCUT2D eigenvalue weighted by molar-refractivity contribution is 8.15. The standard InChI is InChI=1S/C21H44O4SSi/c1-6-11-12-13-14-15-16-17-18-19-20(22)26-21(7-2)27(23-8-3,24-9-4)25-10-5/h21H,6-19H2,1-5H3. The first kappa shape index (κ1) is 27.1. The van der Waals surface area contributed by atoms with E-state index >= 15 is 0 Å². The number of hydrogen-bond donors (Lipinski definition) is 0. The van der Waals surface area contributed by atoms with E-state index in [4.69, 9.17) is 13.3 Å². The van der Waals surface area contributed by atoms with Crippen molar-refractivity contribution in [1.82, 2.24) is 0 Å². The van der Waals surface area contributed by atoms with Crippen LogP contribution in [0.4, 0.5) is 0 Å². The maximum absolute atomic E-state index is 12.5. The molecule has 0 amide bonds. The highest BCUT2D eigenvalue weighted by Gasteiger charge is 2.49. The topological polar surface area (TPSA) is 44.8 Å². The van der Waals surface area contributed by atoms with Crippen molar-refractivity contribution in [2.75, 3.05) is 19.8 Å². The third kappa shape index (κ3) is 12.3. The van der Waals surface area contributed by atoms with Gasteiger partial charge in [0.2, 0.25) is 0 Å². The minimum atomic E-state index is -2.82. The minimum Gasteiger partial charge on any atom is -0.373 e. The van der Waals surface area contributed by atoms with Gasteiger partial charge < -0.3 is 13.3 Å². The molecule has 0 saturated heterocycles. The van der Waals surface area contributed by atoms with E-state index in [1.807, 2.05) is 20.8 Å². The van der Waals surface area contributed by atoms with E-state index in [2.05, 4.69) is 13.8 Å². The molecule has 0 aromatic rings. The molecule has 27 heavy (non-hydrogen) atoms. The summed E-state index contributed by atoms with van der Waals surface area (Å²) in [5.74, 6) is 0. The van der Waals surface area contributed by atoms with Gasteiger partial charge in [0.05, 0.1) is 4.87 Å². The molecule has 4 nitrogen and oxygen atoms in total. The van der Waals surface area contributed by atoms with Crippen LogP contribution in [0.1, 0.15) is 105 Å². The predicted molar refractivity (Wildman–Crippen MR) is 119 cm³/mol. The van der Waals surface area contributed by atoms with E-state index in [9.17, 15) is 4.79 Å². The lowest BCUT2D eigenvalue weighted by Crippen LogP contribution is -2.55. The van der Waals surface area contributed by atoms with Crippen LogP contribution < -0.4 is 0 Å². The van der Waals surface area contributed by atoms with Crippen LogP contribution in [-0.4, -0.2) is 38.6 Å². The Labute approximate surface area is 173 Å². The Morgan fingerprint density at radius 2 is 1.19 bits per heavy atom. The molecule has 0 rings (SSSR count). The second-order valence-electron chi connectivity index (χ2n) is 6.87. The zero-order valence-electron chi connectivity index (χ0n) is 18.5. The van der Waals surface area contributed by atoms with Gasteiger partial charge in [-0.25, -0.2) is 0 Å². The van der Waals surface area contributed by atoms with Crippen molar-refractivity contribution in [3.05, 3.63) is 0 Å². The summed E-state index contributed by atoms with van der Waals surface area (Å²) in [6, 6.07) is 0. The van der Waals surface area contributed by atoms with E-state index in [-0.39, 0.29) is 9.99 Å². The molecule has 0 aliphatic rings. The Bertz CT molecular complexity index is 338. The van der Waals surface area contributed by atoms with Crippen LogP contribution in [0.2, 0.25) is 0 Å². The molecule has 0 saturated carbocycles. The average molecular weight is 421 g/mol. The van der Waals surface area contributed by atoms with Gasteiger partial charge in [0, 0.05) is 26.2 Å². The maximum atomic E-state index is 12.5. The molecule has 0 aliphatic carbocycles. The van der Waals surface area contributed by atoms with Crippen molar-refractivity contribution >= 4 is 25.7 Å². The summed E-state index contributed by atoms with van der Waals surface area (Å²) in [6.45, 7) is 11.9. The van der Waals surface area contributed by atoms with Crippen molar-refractivity contribution in [2.45, 2.75) is 110 Å². The summed E-state index contributed by atoms with van der Waals surface area (Å²) in [6.07, 6.45) is 12.9. The summed E-state index contributed by atoms with van der Waals surface area (Å²) in [5.41, 5.74) is 0. The minimum absolute atomic E-state index is 0.0107. The van der Waals surface area contributed by atoms with Crippen LogP contribution in [-0.2, 0) is 18.1 Å². The fourth-order valence-electron chi connectivity index (χ4n) is 3.21. The molecule has 1 atom stereocenters.